The van der Waals surface area contributed by atoms with Gasteiger partial charge in [0, 0.05) is 36.7 Å². The molecule has 0 aliphatic carbocycles. The van der Waals surface area contributed by atoms with E-state index < -0.39 is 23.5 Å². The molecule has 0 spiro atoms. The molecular formula is C27H25F4N3O2. The van der Waals surface area contributed by atoms with Gasteiger partial charge >= 0.3 is 6.18 Å². The highest BCUT2D eigenvalue weighted by Gasteiger charge is 2.43. The zero-order valence-electron chi connectivity index (χ0n) is 19.6. The van der Waals surface area contributed by atoms with Gasteiger partial charge in [-0.25, -0.2) is 4.39 Å². The van der Waals surface area contributed by atoms with Gasteiger partial charge in [0.2, 0.25) is 5.91 Å². The largest absolute Gasteiger partial charge is 0.497 e. The van der Waals surface area contributed by atoms with E-state index in [0.29, 0.717) is 30.9 Å². The molecule has 5 rings (SSSR count). The molecule has 0 bridgehead atoms. The van der Waals surface area contributed by atoms with Crippen molar-refractivity contribution in [3.63, 3.8) is 0 Å². The molecule has 2 heterocycles. The van der Waals surface area contributed by atoms with Gasteiger partial charge < -0.3 is 19.9 Å². The topological polar surface area (TPSA) is 44.8 Å². The number of hydrogen-bond acceptors (Lipinski definition) is 4. The number of rotatable bonds is 4. The van der Waals surface area contributed by atoms with Gasteiger partial charge in [0.05, 0.1) is 24.6 Å². The number of carbonyl (C=O) groups excluding carboxylic acids is 1. The number of halogens is 4. The predicted octanol–water partition coefficient (Wildman–Crippen LogP) is 5.36. The Morgan fingerprint density at radius 2 is 1.72 bits per heavy atom. The van der Waals surface area contributed by atoms with Crippen molar-refractivity contribution in [3.05, 3.63) is 83.7 Å². The minimum absolute atomic E-state index is 0.171. The van der Waals surface area contributed by atoms with Crippen LogP contribution in [-0.4, -0.2) is 38.7 Å². The Hall–Kier alpha value is -3.75. The molecule has 0 aromatic heterocycles. The van der Waals surface area contributed by atoms with Crippen LogP contribution in [0.5, 0.6) is 5.75 Å². The first-order chi connectivity index (χ1) is 17.2. The Bertz CT molecular complexity index is 1250. The van der Waals surface area contributed by atoms with Crippen LogP contribution in [0.1, 0.15) is 11.1 Å². The van der Waals surface area contributed by atoms with Crippen LogP contribution >= 0.6 is 0 Å². The van der Waals surface area contributed by atoms with E-state index >= 15 is 0 Å². The maximum absolute atomic E-state index is 13.4. The van der Waals surface area contributed by atoms with Crippen LogP contribution in [0.2, 0.25) is 0 Å². The molecule has 0 unspecified atom stereocenters. The molecule has 0 saturated carbocycles. The molecule has 5 nitrogen and oxygen atoms in total. The SMILES string of the molecule is COc1ccc(N2CCN3c4ccc(C(F)(F)F)cc4C[C@H](C(=O)Nc4ccc(F)cc4)[C@H]3C2)cc1. The summed E-state index contributed by atoms with van der Waals surface area (Å²) in [7, 11) is 1.60. The van der Waals surface area contributed by atoms with Crippen molar-refractivity contribution in [3.8, 4) is 5.75 Å². The standard InChI is InChI=1S/C27H25F4N3O2/c1-36-22-9-7-21(8-10-22)33-12-13-34-24-11-2-18(27(29,30)31)14-17(24)15-23(25(34)16-33)26(35)32-20-5-3-19(28)4-6-20/h2-11,14,23,25H,12-13,15-16H2,1H3,(H,32,35)/t23-,25+/m0/s1. The number of methoxy groups -OCH3 is 1. The summed E-state index contributed by atoms with van der Waals surface area (Å²) in [5.41, 5.74) is 1.91. The Balaban J connectivity index is 1.47. The molecule has 1 amide bonds. The number of anilines is 3. The summed E-state index contributed by atoms with van der Waals surface area (Å²) in [6, 6.07) is 16.6. The smallest absolute Gasteiger partial charge is 0.416 e. The maximum Gasteiger partial charge on any atom is 0.416 e. The lowest BCUT2D eigenvalue weighted by molar-refractivity contribution is -0.137. The normalized spacial score (nSPS) is 19.4. The third kappa shape index (κ3) is 4.69. The summed E-state index contributed by atoms with van der Waals surface area (Å²) in [5.74, 6) is -0.600. The number of hydrogen-bond donors (Lipinski definition) is 1. The highest BCUT2D eigenvalue weighted by molar-refractivity contribution is 5.94. The highest BCUT2D eigenvalue weighted by Crippen LogP contribution is 2.40. The molecule has 2 atom stereocenters. The van der Waals surface area contributed by atoms with Crippen molar-refractivity contribution in [1.29, 1.82) is 0 Å². The minimum atomic E-state index is -4.47. The molecule has 1 N–H and O–H groups in total. The average Bonchev–Trinajstić information content (AvgIpc) is 2.88. The number of piperazine rings is 1. The van der Waals surface area contributed by atoms with Gasteiger partial charge in [-0.05, 0) is 78.7 Å². The van der Waals surface area contributed by atoms with Gasteiger partial charge in [0.1, 0.15) is 11.6 Å². The Labute approximate surface area is 206 Å². The first-order valence-corrected chi connectivity index (χ1v) is 11.6. The molecule has 2 aliphatic rings. The first-order valence-electron chi connectivity index (χ1n) is 11.6. The Kier molecular flexibility index (Phi) is 6.24. The van der Waals surface area contributed by atoms with E-state index in [1.165, 1.54) is 30.3 Å². The average molecular weight is 500 g/mol. The summed E-state index contributed by atoms with van der Waals surface area (Å²) < 4.78 is 58.8. The van der Waals surface area contributed by atoms with Crippen molar-refractivity contribution in [2.75, 3.05) is 41.9 Å². The summed E-state index contributed by atoms with van der Waals surface area (Å²) in [5, 5.41) is 2.83. The van der Waals surface area contributed by atoms with Crippen molar-refractivity contribution < 1.29 is 27.1 Å². The van der Waals surface area contributed by atoms with Crippen molar-refractivity contribution >= 4 is 23.0 Å². The van der Waals surface area contributed by atoms with Crippen molar-refractivity contribution in [2.24, 2.45) is 5.92 Å². The molecule has 1 fully saturated rings. The van der Waals surface area contributed by atoms with Gasteiger partial charge in [-0.3, -0.25) is 4.79 Å². The van der Waals surface area contributed by atoms with E-state index in [1.807, 2.05) is 29.2 Å². The monoisotopic (exact) mass is 499 g/mol. The van der Waals surface area contributed by atoms with Gasteiger partial charge in [-0.1, -0.05) is 0 Å². The lowest BCUT2D eigenvalue weighted by atomic mass is 9.82. The Morgan fingerprint density at radius 3 is 2.39 bits per heavy atom. The number of ether oxygens (including phenoxy) is 1. The summed E-state index contributed by atoms with van der Waals surface area (Å²) in [6.07, 6.45) is -4.30. The fraction of sp³-hybridized carbons (Fsp3) is 0.296. The third-order valence-corrected chi connectivity index (χ3v) is 6.93. The molecule has 0 radical (unpaired) electrons. The number of benzene rings is 3. The van der Waals surface area contributed by atoms with E-state index in [1.54, 1.807) is 7.11 Å². The highest BCUT2D eigenvalue weighted by atomic mass is 19.4. The van der Waals surface area contributed by atoms with E-state index in [4.69, 9.17) is 4.74 Å². The van der Waals surface area contributed by atoms with Crippen LogP contribution in [0.25, 0.3) is 0 Å². The second kappa shape index (κ2) is 9.37. The molecule has 9 heteroatoms. The molecule has 3 aromatic rings. The van der Waals surface area contributed by atoms with E-state index in [2.05, 4.69) is 10.2 Å². The third-order valence-electron chi connectivity index (χ3n) is 6.93. The van der Waals surface area contributed by atoms with Crippen LogP contribution in [0.4, 0.5) is 34.6 Å². The second-order valence-corrected chi connectivity index (χ2v) is 9.05. The fourth-order valence-electron chi connectivity index (χ4n) is 5.10. The molecule has 2 aliphatic heterocycles. The summed E-state index contributed by atoms with van der Waals surface area (Å²) in [4.78, 5) is 17.7. The number of nitrogens with zero attached hydrogens (tertiary/aromatic N) is 2. The number of alkyl halides is 3. The van der Waals surface area contributed by atoms with E-state index in [9.17, 15) is 22.4 Å². The van der Waals surface area contributed by atoms with Gasteiger partial charge in [0.15, 0.2) is 0 Å². The predicted molar refractivity (Wildman–Crippen MR) is 130 cm³/mol. The van der Waals surface area contributed by atoms with Crippen LogP contribution in [0, 0.1) is 11.7 Å². The van der Waals surface area contributed by atoms with Gasteiger partial charge in [-0.15, -0.1) is 0 Å². The second-order valence-electron chi connectivity index (χ2n) is 9.05. The zero-order chi connectivity index (χ0) is 25.4. The number of nitrogens with one attached hydrogen (secondary N) is 1. The maximum atomic E-state index is 13.4. The fourth-order valence-corrected chi connectivity index (χ4v) is 5.10. The van der Waals surface area contributed by atoms with E-state index in [-0.39, 0.29) is 18.4 Å². The van der Waals surface area contributed by atoms with E-state index in [0.717, 1.165) is 29.3 Å². The van der Waals surface area contributed by atoms with Crippen LogP contribution in [0.3, 0.4) is 0 Å². The number of carbonyl (C=O) groups is 1. The summed E-state index contributed by atoms with van der Waals surface area (Å²) in [6.45, 7) is 1.72. The first kappa shape index (κ1) is 24.0. The zero-order valence-corrected chi connectivity index (χ0v) is 19.6. The Morgan fingerprint density at radius 1 is 1.00 bits per heavy atom. The van der Waals surface area contributed by atoms with Gasteiger partial charge in [-0.2, -0.15) is 13.2 Å². The quantitative estimate of drug-likeness (QED) is 0.491. The molecule has 3 aromatic carbocycles. The minimum Gasteiger partial charge on any atom is -0.497 e. The van der Waals surface area contributed by atoms with Crippen LogP contribution in [-0.2, 0) is 17.4 Å². The van der Waals surface area contributed by atoms with Crippen LogP contribution in [0.15, 0.2) is 66.7 Å². The van der Waals surface area contributed by atoms with Gasteiger partial charge in [0.25, 0.3) is 0 Å². The molecule has 1 saturated heterocycles. The van der Waals surface area contributed by atoms with Crippen molar-refractivity contribution in [1.82, 2.24) is 0 Å². The van der Waals surface area contributed by atoms with Crippen LogP contribution < -0.4 is 19.9 Å². The number of fused-ring (bicyclic) bond motifs is 3. The summed E-state index contributed by atoms with van der Waals surface area (Å²) >= 11 is 0. The molecular weight excluding hydrogens is 474 g/mol. The molecule has 188 valence electrons. The lowest BCUT2D eigenvalue weighted by Gasteiger charge is -2.49. The lowest BCUT2D eigenvalue weighted by Crippen LogP contribution is -2.60. The molecule has 36 heavy (non-hydrogen) atoms. The number of amides is 1. The van der Waals surface area contributed by atoms with Crippen molar-refractivity contribution in [2.45, 2.75) is 18.6 Å².